The Morgan fingerprint density at radius 3 is 2.78 bits per heavy atom. The average Bonchev–Trinajstić information content (AvgIpc) is 3.50. The van der Waals surface area contributed by atoms with Crippen LogP contribution in [0.15, 0.2) is 66.0 Å². The average molecular weight is 466 g/mol. The molecule has 0 aliphatic rings. The maximum absolute atomic E-state index is 14.6. The second-order valence-corrected chi connectivity index (χ2v) is 8.56. The number of hydrogen-bond donors (Lipinski definition) is 1. The van der Waals surface area contributed by atoms with Gasteiger partial charge in [0.15, 0.2) is 0 Å². The fraction of sp³-hybridized carbons (Fsp3) is 0.0870. The topological polar surface area (TPSA) is 64.7 Å². The van der Waals surface area contributed by atoms with Gasteiger partial charge in [0.05, 0.1) is 28.1 Å². The van der Waals surface area contributed by atoms with E-state index in [1.807, 2.05) is 47.2 Å². The standard InChI is InChI=1S/C23H17ClFN5OS/c1-14-12-21(27-22(31)20-10-5-11-32-20)30(28-14)23-26-18-8-2-3-9-19(18)29(23)13-15-16(24)6-4-7-17(15)25/h2-12H,13H2,1H3,(H,27,31). The molecule has 3 heterocycles. The first-order valence-electron chi connectivity index (χ1n) is 9.81. The molecular formula is C23H17ClFN5OS. The third kappa shape index (κ3) is 3.68. The Balaban J connectivity index is 1.64. The lowest BCUT2D eigenvalue weighted by atomic mass is 10.2. The van der Waals surface area contributed by atoms with Crippen LogP contribution in [0.2, 0.25) is 5.02 Å². The van der Waals surface area contributed by atoms with E-state index in [2.05, 4.69) is 10.4 Å². The summed E-state index contributed by atoms with van der Waals surface area (Å²) in [4.78, 5) is 18.0. The van der Waals surface area contributed by atoms with Gasteiger partial charge in [-0.25, -0.2) is 9.37 Å². The molecule has 0 bridgehead atoms. The summed E-state index contributed by atoms with van der Waals surface area (Å²) < 4.78 is 18.0. The molecule has 32 heavy (non-hydrogen) atoms. The predicted octanol–water partition coefficient (Wildman–Crippen LogP) is 5.69. The number of imidazole rings is 1. The minimum Gasteiger partial charge on any atom is -0.306 e. The molecule has 160 valence electrons. The summed E-state index contributed by atoms with van der Waals surface area (Å²) in [5.41, 5.74) is 2.57. The molecular weight excluding hydrogens is 449 g/mol. The van der Waals surface area contributed by atoms with Crippen LogP contribution in [-0.2, 0) is 6.54 Å². The minimum atomic E-state index is -0.399. The number of aryl methyl sites for hydroxylation is 1. The summed E-state index contributed by atoms with van der Waals surface area (Å²) >= 11 is 7.66. The van der Waals surface area contributed by atoms with E-state index in [1.165, 1.54) is 17.4 Å². The number of carbonyl (C=O) groups is 1. The van der Waals surface area contributed by atoms with E-state index in [4.69, 9.17) is 16.6 Å². The highest BCUT2D eigenvalue weighted by atomic mass is 35.5. The van der Waals surface area contributed by atoms with Crippen LogP contribution in [0.3, 0.4) is 0 Å². The summed E-state index contributed by atoms with van der Waals surface area (Å²) in [6.07, 6.45) is 0. The summed E-state index contributed by atoms with van der Waals surface area (Å²) in [6, 6.07) is 17.5. The number of amides is 1. The maximum atomic E-state index is 14.6. The van der Waals surface area contributed by atoms with Crippen LogP contribution in [0.1, 0.15) is 20.9 Å². The molecule has 2 aromatic carbocycles. The molecule has 0 radical (unpaired) electrons. The lowest BCUT2D eigenvalue weighted by molar-refractivity contribution is 0.103. The number of halogens is 2. The number of rotatable bonds is 5. The van der Waals surface area contributed by atoms with Crippen LogP contribution in [0, 0.1) is 12.7 Å². The van der Waals surface area contributed by atoms with Crippen molar-refractivity contribution >= 4 is 45.7 Å². The van der Waals surface area contributed by atoms with Gasteiger partial charge in [0.25, 0.3) is 5.91 Å². The van der Waals surface area contributed by atoms with Crippen LogP contribution in [0.4, 0.5) is 10.2 Å². The molecule has 0 aliphatic heterocycles. The van der Waals surface area contributed by atoms with E-state index in [0.29, 0.717) is 32.9 Å². The highest BCUT2D eigenvalue weighted by Gasteiger charge is 2.20. The number of carbonyl (C=O) groups excluding carboxylic acids is 1. The molecule has 0 fully saturated rings. The zero-order valence-corrected chi connectivity index (χ0v) is 18.5. The number of nitrogens with one attached hydrogen (secondary N) is 1. The number of nitrogens with zero attached hydrogens (tertiary/aromatic N) is 4. The zero-order valence-electron chi connectivity index (χ0n) is 16.9. The Morgan fingerprint density at radius 1 is 1.16 bits per heavy atom. The molecule has 0 atom stereocenters. The number of thiophene rings is 1. The number of aromatic nitrogens is 4. The molecule has 0 spiro atoms. The van der Waals surface area contributed by atoms with E-state index in [1.54, 1.807) is 28.9 Å². The summed E-state index contributed by atoms with van der Waals surface area (Å²) in [5.74, 6) is 0.280. The van der Waals surface area contributed by atoms with Gasteiger partial charge in [0.2, 0.25) is 5.95 Å². The first-order valence-corrected chi connectivity index (χ1v) is 11.1. The lowest BCUT2D eigenvalue weighted by Gasteiger charge is -2.13. The van der Waals surface area contributed by atoms with Gasteiger partial charge in [-0.15, -0.1) is 11.3 Å². The van der Waals surface area contributed by atoms with E-state index >= 15 is 0 Å². The maximum Gasteiger partial charge on any atom is 0.266 e. The number of hydrogen-bond acceptors (Lipinski definition) is 4. The third-order valence-electron chi connectivity index (χ3n) is 5.02. The minimum absolute atomic E-state index is 0.151. The third-order valence-corrected chi connectivity index (χ3v) is 6.24. The zero-order chi connectivity index (χ0) is 22.2. The monoisotopic (exact) mass is 465 g/mol. The molecule has 0 saturated carbocycles. The Kier molecular flexibility index (Phi) is 5.24. The van der Waals surface area contributed by atoms with Crippen molar-refractivity contribution in [2.75, 3.05) is 5.32 Å². The van der Waals surface area contributed by atoms with Crippen LogP contribution in [-0.4, -0.2) is 25.2 Å². The molecule has 1 N–H and O–H groups in total. The Morgan fingerprint density at radius 2 is 2.00 bits per heavy atom. The normalized spacial score (nSPS) is 11.2. The number of fused-ring (bicyclic) bond motifs is 1. The number of benzene rings is 2. The van der Waals surface area contributed by atoms with E-state index in [0.717, 1.165) is 11.0 Å². The second-order valence-electron chi connectivity index (χ2n) is 7.20. The van der Waals surface area contributed by atoms with E-state index in [9.17, 15) is 9.18 Å². The van der Waals surface area contributed by atoms with Crippen molar-refractivity contribution in [3.05, 3.63) is 93.0 Å². The van der Waals surface area contributed by atoms with E-state index < -0.39 is 5.82 Å². The first kappa shape index (κ1) is 20.4. The Labute approximate surface area is 191 Å². The Hall–Kier alpha value is -3.49. The summed E-state index contributed by atoms with van der Waals surface area (Å²) in [7, 11) is 0. The predicted molar refractivity (Wildman–Crippen MR) is 124 cm³/mol. The SMILES string of the molecule is Cc1cc(NC(=O)c2cccs2)n(-c2nc3ccccc3n2Cc2c(F)cccc2Cl)n1. The van der Waals surface area contributed by atoms with E-state index in [-0.39, 0.29) is 12.5 Å². The second kappa shape index (κ2) is 8.22. The van der Waals surface area contributed by atoms with Crippen LogP contribution in [0.25, 0.3) is 17.0 Å². The van der Waals surface area contributed by atoms with Gasteiger partial charge >= 0.3 is 0 Å². The van der Waals surface area contributed by atoms with Gasteiger partial charge < -0.3 is 9.88 Å². The van der Waals surface area contributed by atoms with Gasteiger partial charge in [0.1, 0.15) is 11.6 Å². The molecule has 3 aromatic heterocycles. The summed E-state index contributed by atoms with van der Waals surface area (Å²) in [5, 5.41) is 9.63. The van der Waals surface area contributed by atoms with Gasteiger partial charge in [0, 0.05) is 16.7 Å². The van der Waals surface area contributed by atoms with Crippen LogP contribution in [0.5, 0.6) is 0 Å². The van der Waals surface area contributed by atoms with Crippen molar-refractivity contribution in [3.8, 4) is 5.95 Å². The van der Waals surface area contributed by atoms with Crippen LogP contribution >= 0.6 is 22.9 Å². The number of para-hydroxylation sites is 2. The molecule has 0 aliphatic carbocycles. The molecule has 0 unspecified atom stereocenters. The lowest BCUT2D eigenvalue weighted by Crippen LogP contribution is -2.17. The first-order chi connectivity index (χ1) is 15.5. The quantitative estimate of drug-likeness (QED) is 0.363. The summed E-state index contributed by atoms with van der Waals surface area (Å²) in [6.45, 7) is 1.98. The largest absolute Gasteiger partial charge is 0.306 e. The van der Waals surface area contributed by atoms with Gasteiger partial charge in [-0.2, -0.15) is 9.78 Å². The van der Waals surface area contributed by atoms with Crippen molar-refractivity contribution in [1.82, 2.24) is 19.3 Å². The highest BCUT2D eigenvalue weighted by molar-refractivity contribution is 7.12. The molecule has 0 saturated heterocycles. The van der Waals surface area contributed by atoms with Gasteiger partial charge in [-0.1, -0.05) is 35.9 Å². The van der Waals surface area contributed by atoms with Crippen LogP contribution < -0.4 is 5.32 Å². The van der Waals surface area contributed by atoms with Crippen molar-refractivity contribution in [3.63, 3.8) is 0 Å². The molecule has 5 aromatic rings. The fourth-order valence-corrected chi connectivity index (χ4v) is 4.39. The van der Waals surface area contributed by atoms with Crippen molar-refractivity contribution in [2.24, 2.45) is 0 Å². The smallest absolute Gasteiger partial charge is 0.266 e. The molecule has 1 amide bonds. The van der Waals surface area contributed by atoms with Gasteiger partial charge in [-0.3, -0.25) is 4.79 Å². The molecule has 9 heteroatoms. The van der Waals surface area contributed by atoms with Crippen molar-refractivity contribution < 1.29 is 9.18 Å². The molecule has 6 nitrogen and oxygen atoms in total. The fourth-order valence-electron chi connectivity index (χ4n) is 3.55. The highest BCUT2D eigenvalue weighted by Crippen LogP contribution is 2.27. The number of anilines is 1. The Bertz CT molecular complexity index is 1420. The van der Waals surface area contributed by atoms with Crippen molar-refractivity contribution in [2.45, 2.75) is 13.5 Å². The van der Waals surface area contributed by atoms with Crippen molar-refractivity contribution in [1.29, 1.82) is 0 Å². The van der Waals surface area contributed by atoms with Gasteiger partial charge in [-0.05, 0) is 42.6 Å². The molecule has 5 rings (SSSR count).